The predicted molar refractivity (Wildman–Crippen MR) is 81.1 cm³/mol. The summed E-state index contributed by atoms with van der Waals surface area (Å²) in [7, 11) is 1.57. The average molecular weight is 281 g/mol. The van der Waals surface area contributed by atoms with E-state index in [0.29, 0.717) is 6.04 Å². The molecule has 108 valence electrons. The summed E-state index contributed by atoms with van der Waals surface area (Å²) < 4.78 is 0. The van der Waals surface area contributed by atoms with Crippen LogP contribution in [0.15, 0.2) is 42.5 Å². The molecule has 0 N–H and O–H groups in total. The van der Waals surface area contributed by atoms with Crippen molar-refractivity contribution in [3.8, 4) is 5.75 Å². The van der Waals surface area contributed by atoms with Gasteiger partial charge in [-0.05, 0) is 35.6 Å². The minimum atomic E-state index is 0.398. The monoisotopic (exact) mass is 281 g/mol. The van der Waals surface area contributed by atoms with E-state index >= 15 is 0 Å². The van der Waals surface area contributed by atoms with Gasteiger partial charge in [-0.15, -0.1) is 0 Å². The Morgan fingerprint density at radius 1 is 1.00 bits per heavy atom. The van der Waals surface area contributed by atoms with Crippen LogP contribution in [0.2, 0.25) is 0 Å². The summed E-state index contributed by atoms with van der Waals surface area (Å²) in [6.45, 7) is 2.14. The molecule has 0 amide bonds. The molecule has 0 saturated heterocycles. The Morgan fingerprint density at radius 2 is 1.81 bits per heavy atom. The van der Waals surface area contributed by atoms with Crippen LogP contribution in [0.1, 0.15) is 28.3 Å². The van der Waals surface area contributed by atoms with Crippen molar-refractivity contribution in [1.82, 2.24) is 4.90 Å². The van der Waals surface area contributed by atoms with E-state index in [-0.39, 0.29) is 0 Å². The van der Waals surface area contributed by atoms with Gasteiger partial charge in [0.05, 0.1) is 7.11 Å². The highest BCUT2D eigenvalue weighted by molar-refractivity contribution is 5.46. The third kappa shape index (κ3) is 2.13. The highest BCUT2D eigenvalue weighted by Crippen LogP contribution is 2.42. The number of hydrogen-bond donors (Lipinski definition) is 0. The molecule has 2 aliphatic rings. The lowest BCUT2D eigenvalue weighted by Gasteiger charge is -2.41. The third-order valence-electron chi connectivity index (χ3n) is 4.68. The van der Waals surface area contributed by atoms with Crippen molar-refractivity contribution in [2.24, 2.45) is 0 Å². The number of rotatable bonds is 2. The van der Waals surface area contributed by atoms with Gasteiger partial charge in [-0.25, -0.2) is 0 Å². The number of hydrogen-bond acceptors (Lipinski definition) is 3. The Hall–Kier alpha value is -1.84. The van der Waals surface area contributed by atoms with E-state index in [9.17, 15) is 0 Å². The summed E-state index contributed by atoms with van der Waals surface area (Å²) in [6, 6.07) is 15.4. The first-order valence-electron chi connectivity index (χ1n) is 7.50. The van der Waals surface area contributed by atoms with Crippen molar-refractivity contribution in [2.75, 3.05) is 13.7 Å². The van der Waals surface area contributed by atoms with E-state index in [2.05, 4.69) is 41.3 Å². The van der Waals surface area contributed by atoms with Crippen molar-refractivity contribution in [1.29, 1.82) is 0 Å². The van der Waals surface area contributed by atoms with Crippen LogP contribution >= 0.6 is 0 Å². The van der Waals surface area contributed by atoms with E-state index in [0.717, 1.165) is 31.7 Å². The molecular formula is C18H19NO2. The minimum Gasteiger partial charge on any atom is -0.337 e. The fourth-order valence-electron chi connectivity index (χ4n) is 3.71. The molecule has 0 spiro atoms. The lowest BCUT2D eigenvalue weighted by Crippen LogP contribution is -2.39. The lowest BCUT2D eigenvalue weighted by molar-refractivity contribution is -0.179. The zero-order valence-electron chi connectivity index (χ0n) is 12.2. The first-order chi connectivity index (χ1) is 10.4. The maximum Gasteiger partial charge on any atom is 0.170 e. The first-order valence-corrected chi connectivity index (χ1v) is 7.50. The van der Waals surface area contributed by atoms with Crippen molar-refractivity contribution >= 4 is 0 Å². The Bertz CT molecular complexity index is 668. The molecule has 2 aromatic carbocycles. The van der Waals surface area contributed by atoms with Crippen LogP contribution in [0, 0.1) is 0 Å². The summed E-state index contributed by atoms with van der Waals surface area (Å²) in [6.07, 6.45) is 2.13. The number of benzene rings is 2. The molecule has 0 fully saturated rings. The second-order valence-electron chi connectivity index (χ2n) is 5.79. The minimum absolute atomic E-state index is 0.398. The van der Waals surface area contributed by atoms with Crippen LogP contribution in [0.25, 0.3) is 0 Å². The topological polar surface area (TPSA) is 21.7 Å². The van der Waals surface area contributed by atoms with E-state index in [1.807, 2.05) is 6.07 Å². The smallest absolute Gasteiger partial charge is 0.170 e. The maximum absolute atomic E-state index is 5.41. The van der Waals surface area contributed by atoms with Gasteiger partial charge in [0.15, 0.2) is 5.75 Å². The normalized spacial score (nSPS) is 20.3. The highest BCUT2D eigenvalue weighted by Gasteiger charge is 2.34. The van der Waals surface area contributed by atoms with Crippen LogP contribution in [-0.2, 0) is 24.3 Å². The van der Waals surface area contributed by atoms with E-state index in [1.54, 1.807) is 7.11 Å². The van der Waals surface area contributed by atoms with Crippen LogP contribution < -0.4 is 4.89 Å². The molecule has 3 nitrogen and oxygen atoms in total. The summed E-state index contributed by atoms with van der Waals surface area (Å²) >= 11 is 0. The zero-order valence-corrected chi connectivity index (χ0v) is 12.2. The molecule has 0 aliphatic carbocycles. The summed E-state index contributed by atoms with van der Waals surface area (Å²) in [5.74, 6) is 0.865. The van der Waals surface area contributed by atoms with Crippen molar-refractivity contribution < 1.29 is 9.78 Å². The molecule has 0 bridgehead atoms. The Morgan fingerprint density at radius 3 is 2.67 bits per heavy atom. The quantitative estimate of drug-likeness (QED) is 0.623. The molecular weight excluding hydrogens is 262 g/mol. The Balaban J connectivity index is 1.78. The molecule has 2 heterocycles. The van der Waals surface area contributed by atoms with Gasteiger partial charge in [-0.2, -0.15) is 4.89 Å². The van der Waals surface area contributed by atoms with Crippen LogP contribution in [-0.4, -0.2) is 18.6 Å². The van der Waals surface area contributed by atoms with Gasteiger partial charge in [0, 0.05) is 24.7 Å². The van der Waals surface area contributed by atoms with Gasteiger partial charge in [0.25, 0.3) is 0 Å². The average Bonchev–Trinajstić information content (AvgIpc) is 2.53. The zero-order chi connectivity index (χ0) is 14.2. The fourth-order valence-corrected chi connectivity index (χ4v) is 3.71. The van der Waals surface area contributed by atoms with Crippen LogP contribution in [0.3, 0.4) is 0 Å². The summed E-state index contributed by atoms with van der Waals surface area (Å²) in [5.41, 5.74) is 5.62. The Kier molecular flexibility index (Phi) is 3.17. The molecule has 2 aliphatic heterocycles. The molecule has 0 aromatic heterocycles. The van der Waals surface area contributed by atoms with Gasteiger partial charge in [0.1, 0.15) is 0 Å². The summed E-state index contributed by atoms with van der Waals surface area (Å²) in [4.78, 5) is 12.9. The second-order valence-corrected chi connectivity index (χ2v) is 5.79. The van der Waals surface area contributed by atoms with Crippen molar-refractivity contribution in [2.45, 2.75) is 25.4 Å². The van der Waals surface area contributed by atoms with Gasteiger partial charge in [0.2, 0.25) is 0 Å². The van der Waals surface area contributed by atoms with Gasteiger partial charge < -0.3 is 4.89 Å². The number of nitrogens with zero attached hydrogens (tertiary/aromatic N) is 1. The molecule has 0 saturated carbocycles. The molecule has 1 unspecified atom stereocenters. The molecule has 0 radical (unpaired) electrons. The van der Waals surface area contributed by atoms with Crippen LogP contribution in [0.5, 0.6) is 5.75 Å². The highest BCUT2D eigenvalue weighted by atomic mass is 17.2. The van der Waals surface area contributed by atoms with Gasteiger partial charge in [-0.3, -0.25) is 4.90 Å². The third-order valence-corrected chi connectivity index (χ3v) is 4.68. The second kappa shape index (κ2) is 5.17. The Labute approximate surface area is 125 Å². The van der Waals surface area contributed by atoms with E-state index < -0.39 is 0 Å². The molecule has 21 heavy (non-hydrogen) atoms. The standard InChI is InChI=1S/C18H19NO2/c1-20-21-17-8-4-7-13-9-10-19-12-15-6-3-2-5-14(15)11-16(19)18(13)17/h2-8,16H,9-12H2,1H3. The first kappa shape index (κ1) is 12.9. The van der Waals surface area contributed by atoms with Gasteiger partial charge >= 0.3 is 0 Å². The van der Waals surface area contributed by atoms with Crippen molar-refractivity contribution in [3.05, 3.63) is 64.7 Å². The molecule has 4 rings (SSSR count). The van der Waals surface area contributed by atoms with E-state index in [4.69, 9.17) is 9.78 Å². The molecule has 2 aromatic rings. The SMILES string of the molecule is COOc1cccc2c1C1Cc3ccccc3CN1CC2. The largest absolute Gasteiger partial charge is 0.337 e. The van der Waals surface area contributed by atoms with E-state index in [1.165, 1.54) is 22.3 Å². The fraction of sp³-hybridized carbons (Fsp3) is 0.333. The van der Waals surface area contributed by atoms with Gasteiger partial charge in [-0.1, -0.05) is 36.4 Å². The maximum atomic E-state index is 5.41. The van der Waals surface area contributed by atoms with Crippen molar-refractivity contribution in [3.63, 3.8) is 0 Å². The predicted octanol–water partition coefficient (Wildman–Crippen LogP) is 3.28. The lowest BCUT2D eigenvalue weighted by atomic mass is 9.84. The van der Waals surface area contributed by atoms with Crippen LogP contribution in [0.4, 0.5) is 0 Å². The summed E-state index contributed by atoms with van der Waals surface area (Å²) in [5, 5.41) is 0. The molecule has 1 atom stereocenters. The molecule has 3 heteroatoms. The number of fused-ring (bicyclic) bond motifs is 4.